The molecule has 0 saturated carbocycles. The number of aromatic nitrogens is 4. The Hall–Kier alpha value is -7.30. The largest absolute Gasteiger partial charge is 0.457 e. The molecular weight excluding hydrogens is 823 g/mol. The second-order valence-corrected chi connectivity index (χ2v) is 16.9. The minimum Gasteiger partial charge on any atom is -0.457 e. The topological polar surface area (TPSA) is 195 Å². The lowest BCUT2D eigenvalue weighted by molar-refractivity contribution is 0.0593. The first-order valence-corrected chi connectivity index (χ1v) is 22.7. The van der Waals surface area contributed by atoms with E-state index in [1.54, 1.807) is 30.1 Å². The zero-order chi connectivity index (χ0) is 45.1. The maximum Gasteiger partial charge on any atom is 0.262 e. The van der Waals surface area contributed by atoms with E-state index in [0.29, 0.717) is 52.4 Å². The van der Waals surface area contributed by atoms with Crippen molar-refractivity contribution in [1.29, 1.82) is 0 Å². The Morgan fingerprint density at radius 1 is 0.815 bits per heavy atom. The molecule has 5 heterocycles. The molecule has 1 unspecified atom stereocenters. The summed E-state index contributed by atoms with van der Waals surface area (Å²) >= 11 is 0. The van der Waals surface area contributed by atoms with Crippen molar-refractivity contribution >= 4 is 52.2 Å². The number of piperidine rings is 2. The van der Waals surface area contributed by atoms with Crippen molar-refractivity contribution in [3.8, 4) is 22.8 Å². The maximum absolute atomic E-state index is 13.3. The number of nitrogen functional groups attached to an aromatic ring is 1. The first kappa shape index (κ1) is 44.3. The van der Waals surface area contributed by atoms with Gasteiger partial charge in [-0.25, -0.2) is 29.0 Å². The van der Waals surface area contributed by atoms with Gasteiger partial charge in [0, 0.05) is 37.3 Å². The SMILES string of the molecule is Nc1ncnc2c1c(-c1ccc(Oc3ccccc3)cc1)nn2[C@@H]1CCCN(C(=C=O)CCCCCCCCCCCNc2ccc3c(c2)C(=O)N(C2CCC(=C=O)NC2=C=O)C3=O)C1. The number of likely N-dealkylation sites (tertiary alicyclic amines) is 1. The molecule has 2 atom stereocenters. The van der Waals surface area contributed by atoms with Crippen LogP contribution >= 0.6 is 0 Å². The summed E-state index contributed by atoms with van der Waals surface area (Å²) in [5, 5.41) is 11.8. The molecule has 2 saturated heterocycles. The fourth-order valence-corrected chi connectivity index (χ4v) is 9.13. The van der Waals surface area contributed by atoms with Crippen LogP contribution in [0.1, 0.15) is 117 Å². The lowest BCUT2D eigenvalue weighted by Gasteiger charge is -2.34. The number of rotatable bonds is 19. The number of para-hydroxylation sites is 1. The predicted octanol–water partition coefficient (Wildman–Crippen LogP) is 8.01. The molecule has 3 aromatic carbocycles. The van der Waals surface area contributed by atoms with E-state index in [4.69, 9.17) is 15.6 Å². The number of nitrogens with one attached hydrogen (secondary N) is 2. The van der Waals surface area contributed by atoms with E-state index in [0.717, 1.165) is 105 Å². The Morgan fingerprint density at radius 2 is 1.54 bits per heavy atom. The number of imide groups is 1. The molecule has 0 radical (unpaired) electrons. The van der Waals surface area contributed by atoms with Crippen LogP contribution in [0.5, 0.6) is 11.5 Å². The van der Waals surface area contributed by atoms with Crippen LogP contribution in [0.3, 0.4) is 0 Å². The van der Waals surface area contributed by atoms with Crippen molar-refractivity contribution in [1.82, 2.24) is 34.9 Å². The summed E-state index contributed by atoms with van der Waals surface area (Å²) in [4.78, 5) is 73.5. The van der Waals surface area contributed by atoms with Gasteiger partial charge >= 0.3 is 0 Å². The Labute approximate surface area is 377 Å². The van der Waals surface area contributed by atoms with Crippen LogP contribution in [0.2, 0.25) is 0 Å². The fraction of sp³-hybridized carbons (Fsp3) is 0.380. The molecule has 4 N–H and O–H groups in total. The number of carbonyl (C=O) groups excluding carboxylic acids is 5. The summed E-state index contributed by atoms with van der Waals surface area (Å²) in [5.74, 6) is 6.68. The number of carbonyl (C=O) groups is 2. The number of nitrogens with two attached hydrogens (primary N) is 1. The summed E-state index contributed by atoms with van der Waals surface area (Å²) in [6.07, 6.45) is 14.3. The van der Waals surface area contributed by atoms with Crippen molar-refractivity contribution in [2.45, 2.75) is 102 Å². The molecule has 2 amide bonds. The first-order valence-electron chi connectivity index (χ1n) is 22.7. The van der Waals surface area contributed by atoms with Gasteiger partial charge in [0.05, 0.1) is 34.3 Å². The number of hydrogen-bond donors (Lipinski definition) is 3. The number of anilines is 2. The second kappa shape index (κ2) is 20.9. The molecule has 5 aromatic rings. The van der Waals surface area contributed by atoms with Gasteiger partial charge in [0.25, 0.3) is 11.8 Å². The zero-order valence-corrected chi connectivity index (χ0v) is 36.4. The van der Waals surface area contributed by atoms with Crippen LogP contribution in [-0.2, 0) is 14.4 Å². The van der Waals surface area contributed by atoms with E-state index in [-0.39, 0.29) is 30.3 Å². The van der Waals surface area contributed by atoms with E-state index in [1.807, 2.05) is 59.3 Å². The molecule has 15 heteroatoms. The van der Waals surface area contributed by atoms with Gasteiger partial charge in [-0.05, 0) is 93.1 Å². The molecule has 0 aliphatic carbocycles. The van der Waals surface area contributed by atoms with Crippen LogP contribution in [-0.4, -0.2) is 84.9 Å². The van der Waals surface area contributed by atoms with Crippen molar-refractivity contribution in [3.63, 3.8) is 0 Å². The third kappa shape index (κ3) is 10.1. The lowest BCUT2D eigenvalue weighted by Crippen LogP contribution is -2.46. The van der Waals surface area contributed by atoms with Crippen molar-refractivity contribution in [2.24, 2.45) is 0 Å². The standard InChI is InChI=1S/C50H53N9O6/c51-47-45-46(34-18-22-40(23-19-34)65-39-16-10-8-11-17-39)56-59(48(45)54-33-53-47)37-15-13-27-57(29-37)38(31-61)14-9-6-4-2-1-3-5-7-12-26-52-35-20-24-41-42(28-35)50(64)58(49(41)63)44-25-21-36(30-60)55-43(44)32-62/h8,10-11,16-20,22-24,28,33,37,44,52,55H,1-7,9,12-15,21,25-27,29H2,(H2,51,53,54)/t37-,44?/m1/s1. The van der Waals surface area contributed by atoms with Gasteiger partial charge in [0.1, 0.15) is 58.6 Å². The van der Waals surface area contributed by atoms with Crippen molar-refractivity contribution in [3.05, 3.63) is 107 Å². The van der Waals surface area contributed by atoms with Crippen molar-refractivity contribution in [2.75, 3.05) is 30.7 Å². The van der Waals surface area contributed by atoms with E-state index in [9.17, 15) is 24.0 Å². The number of benzene rings is 3. The molecule has 3 aliphatic rings. The molecule has 3 aliphatic heterocycles. The number of amides is 2. The minimum absolute atomic E-state index is 0.00171. The zero-order valence-electron chi connectivity index (χ0n) is 36.4. The van der Waals surface area contributed by atoms with E-state index < -0.39 is 17.9 Å². The number of allylic oxidation sites excluding steroid dienone is 2. The van der Waals surface area contributed by atoms with Crippen LogP contribution in [0.25, 0.3) is 22.3 Å². The van der Waals surface area contributed by atoms with Gasteiger partial charge < -0.3 is 26.0 Å². The highest BCUT2D eigenvalue weighted by atomic mass is 16.5. The molecule has 2 aromatic heterocycles. The van der Waals surface area contributed by atoms with E-state index in [1.165, 1.54) is 12.7 Å². The smallest absolute Gasteiger partial charge is 0.262 e. The summed E-state index contributed by atoms with van der Waals surface area (Å²) in [6, 6.07) is 21.7. The van der Waals surface area contributed by atoms with Gasteiger partial charge in [0.2, 0.25) is 0 Å². The molecule has 15 nitrogen and oxygen atoms in total. The first-order chi connectivity index (χ1) is 31.9. The molecular formula is C50H53N9O6. The highest BCUT2D eigenvalue weighted by Gasteiger charge is 2.43. The van der Waals surface area contributed by atoms with Gasteiger partial charge in [-0.15, -0.1) is 0 Å². The Balaban J connectivity index is 0.733. The molecule has 0 spiro atoms. The Bertz CT molecular complexity index is 2680. The highest BCUT2D eigenvalue weighted by molar-refractivity contribution is 6.22. The molecule has 2 fully saturated rings. The summed E-state index contributed by atoms with van der Waals surface area (Å²) in [5.41, 5.74) is 11.0. The predicted molar refractivity (Wildman–Crippen MR) is 247 cm³/mol. The number of nitrogens with zero attached hydrogens (tertiary/aromatic N) is 6. The average Bonchev–Trinajstić information content (AvgIpc) is 3.85. The Kier molecular flexibility index (Phi) is 14.3. The second-order valence-electron chi connectivity index (χ2n) is 16.9. The quantitative estimate of drug-likeness (QED) is 0.0411. The van der Waals surface area contributed by atoms with Gasteiger partial charge in [-0.1, -0.05) is 63.1 Å². The van der Waals surface area contributed by atoms with Gasteiger partial charge in [0.15, 0.2) is 5.65 Å². The summed E-state index contributed by atoms with van der Waals surface area (Å²) in [6.45, 7) is 2.19. The van der Waals surface area contributed by atoms with Gasteiger partial charge in [-0.2, -0.15) is 5.10 Å². The van der Waals surface area contributed by atoms with Crippen molar-refractivity contribution < 1.29 is 28.7 Å². The monoisotopic (exact) mass is 875 g/mol. The normalized spacial score (nSPS) is 17.0. The summed E-state index contributed by atoms with van der Waals surface area (Å²) in [7, 11) is 0. The molecule has 0 bridgehead atoms. The molecule has 334 valence electrons. The Morgan fingerprint density at radius 3 is 2.28 bits per heavy atom. The number of ether oxygens (including phenoxy) is 1. The minimum atomic E-state index is -0.803. The lowest BCUT2D eigenvalue weighted by atomic mass is 10.0. The van der Waals surface area contributed by atoms with Gasteiger partial charge in [-0.3, -0.25) is 14.5 Å². The van der Waals surface area contributed by atoms with Crippen LogP contribution in [0.15, 0.2) is 96.2 Å². The number of unbranched alkanes of at least 4 members (excludes halogenated alkanes) is 8. The third-order valence-electron chi connectivity index (χ3n) is 12.5. The summed E-state index contributed by atoms with van der Waals surface area (Å²) < 4.78 is 7.96. The average molecular weight is 876 g/mol. The third-order valence-corrected chi connectivity index (χ3v) is 12.5. The number of hydrogen-bond acceptors (Lipinski definition) is 13. The maximum atomic E-state index is 13.3. The number of fused-ring (bicyclic) bond motifs is 2. The fourth-order valence-electron chi connectivity index (χ4n) is 9.13. The molecule has 65 heavy (non-hydrogen) atoms. The van der Waals surface area contributed by atoms with Crippen LogP contribution in [0.4, 0.5) is 11.5 Å². The van der Waals surface area contributed by atoms with Crippen LogP contribution in [0, 0.1) is 0 Å². The molecule has 8 rings (SSSR count). The highest BCUT2D eigenvalue weighted by Crippen LogP contribution is 2.36. The van der Waals surface area contributed by atoms with Crippen LogP contribution < -0.4 is 21.1 Å². The van der Waals surface area contributed by atoms with E-state index in [2.05, 4.69) is 31.4 Å². The van der Waals surface area contributed by atoms with E-state index >= 15 is 0 Å².